The summed E-state index contributed by atoms with van der Waals surface area (Å²) in [6.45, 7) is 6.03. The molecule has 0 spiro atoms. The summed E-state index contributed by atoms with van der Waals surface area (Å²) in [4.78, 5) is 44.0. The summed E-state index contributed by atoms with van der Waals surface area (Å²) in [6, 6.07) is 12.9. The standard InChI is InChI=1S/C16H17N5O.C7H10N2O5.C3H8/c1-11(9-10-15-18-20-21-19-15)17-16(22)14-8-4-6-12-5-2-3-7-13(12)14;10-3-8-2-5(11)9-4-1-6(12)14-7(4)13;1-3-2/h2-8,11H,9-10H2,1H3,(H,17,22)(H,18,19,20,21);3-4,7,13H,1-2H2,(H,8,10)(H,9,11);3H2,1-2H3. The highest BCUT2D eigenvalue weighted by molar-refractivity contribution is 6.07. The first-order valence-corrected chi connectivity index (χ1v) is 12.6. The lowest BCUT2D eigenvalue weighted by Gasteiger charge is -2.14. The van der Waals surface area contributed by atoms with E-state index in [-0.39, 0.29) is 24.9 Å². The van der Waals surface area contributed by atoms with Crippen LogP contribution < -0.4 is 16.0 Å². The van der Waals surface area contributed by atoms with Gasteiger partial charge in [-0.3, -0.25) is 19.2 Å². The zero-order chi connectivity index (χ0) is 28.6. The number of fused-ring (bicyclic) bond motifs is 1. The number of aromatic amines is 1. The van der Waals surface area contributed by atoms with Crippen LogP contribution in [0.25, 0.3) is 10.8 Å². The molecule has 39 heavy (non-hydrogen) atoms. The van der Waals surface area contributed by atoms with Crippen LogP contribution in [0.2, 0.25) is 0 Å². The number of aromatic nitrogens is 4. The first kappa shape index (κ1) is 30.8. The Labute approximate surface area is 226 Å². The molecule has 2 aromatic carbocycles. The van der Waals surface area contributed by atoms with E-state index in [1.54, 1.807) is 0 Å². The first-order chi connectivity index (χ1) is 18.8. The second-order valence-electron chi connectivity index (χ2n) is 8.73. The molecule has 3 amide bonds. The van der Waals surface area contributed by atoms with Gasteiger partial charge in [-0.15, -0.1) is 10.2 Å². The maximum absolute atomic E-state index is 12.5. The van der Waals surface area contributed by atoms with Crippen LogP contribution in [0, 0.1) is 0 Å². The molecular weight excluding hydrogens is 506 g/mol. The van der Waals surface area contributed by atoms with Crippen LogP contribution in [0.3, 0.4) is 0 Å². The Balaban J connectivity index is 0.000000270. The Morgan fingerprint density at radius 1 is 1.21 bits per heavy atom. The third kappa shape index (κ3) is 10.5. The monoisotopic (exact) mass is 541 g/mol. The number of aryl methyl sites for hydroxylation is 1. The summed E-state index contributed by atoms with van der Waals surface area (Å²) >= 11 is 0. The van der Waals surface area contributed by atoms with Crippen molar-refractivity contribution >= 4 is 35.0 Å². The fourth-order valence-electron chi connectivity index (χ4n) is 3.49. The first-order valence-electron chi connectivity index (χ1n) is 12.6. The molecule has 3 unspecified atom stereocenters. The van der Waals surface area contributed by atoms with E-state index >= 15 is 0 Å². The molecule has 0 radical (unpaired) electrons. The topological polar surface area (TPSA) is 188 Å². The second-order valence-corrected chi connectivity index (χ2v) is 8.73. The van der Waals surface area contributed by atoms with E-state index in [1.165, 1.54) is 6.42 Å². The van der Waals surface area contributed by atoms with Gasteiger partial charge in [0.15, 0.2) is 5.82 Å². The number of H-pyrrole nitrogens is 1. The van der Waals surface area contributed by atoms with Crippen molar-refractivity contribution in [3.63, 3.8) is 0 Å². The summed E-state index contributed by atoms with van der Waals surface area (Å²) < 4.78 is 4.39. The van der Waals surface area contributed by atoms with Gasteiger partial charge < -0.3 is 25.8 Å². The lowest BCUT2D eigenvalue weighted by molar-refractivity contribution is -0.155. The minimum Gasteiger partial charge on any atom is -0.434 e. The van der Waals surface area contributed by atoms with Gasteiger partial charge in [-0.1, -0.05) is 61.9 Å². The Kier molecular flexibility index (Phi) is 13.0. The van der Waals surface area contributed by atoms with Crippen molar-refractivity contribution in [3.8, 4) is 0 Å². The number of benzene rings is 2. The number of aliphatic hydroxyl groups excluding tert-OH is 1. The number of ether oxygens (including phenoxy) is 1. The number of amides is 3. The third-order valence-corrected chi connectivity index (χ3v) is 5.28. The summed E-state index contributed by atoms with van der Waals surface area (Å²) in [6.07, 6.45) is 1.70. The summed E-state index contributed by atoms with van der Waals surface area (Å²) in [7, 11) is 0. The quantitative estimate of drug-likeness (QED) is 0.194. The summed E-state index contributed by atoms with van der Waals surface area (Å²) in [5, 5.41) is 32.4. The molecule has 0 saturated carbocycles. The van der Waals surface area contributed by atoms with Gasteiger partial charge in [-0.25, -0.2) is 0 Å². The number of nitrogens with zero attached hydrogens (tertiary/aromatic N) is 3. The third-order valence-electron chi connectivity index (χ3n) is 5.28. The fraction of sp³-hybridized carbons (Fsp3) is 0.423. The molecule has 1 aliphatic heterocycles. The van der Waals surface area contributed by atoms with Crippen molar-refractivity contribution < 1.29 is 29.0 Å². The molecule has 210 valence electrons. The molecule has 1 aliphatic rings. The minimum absolute atomic E-state index is 0.0324. The van der Waals surface area contributed by atoms with Gasteiger partial charge in [0.05, 0.1) is 13.0 Å². The van der Waals surface area contributed by atoms with Crippen LogP contribution in [-0.2, 0) is 25.5 Å². The smallest absolute Gasteiger partial charge is 0.310 e. The Morgan fingerprint density at radius 2 is 1.92 bits per heavy atom. The average molecular weight is 542 g/mol. The van der Waals surface area contributed by atoms with Crippen LogP contribution in [0.5, 0.6) is 0 Å². The summed E-state index contributed by atoms with van der Waals surface area (Å²) in [5.74, 6) is -0.450. The molecule has 1 saturated heterocycles. The predicted molar refractivity (Wildman–Crippen MR) is 142 cm³/mol. The van der Waals surface area contributed by atoms with E-state index < -0.39 is 24.2 Å². The van der Waals surface area contributed by atoms with E-state index in [1.807, 2.05) is 49.4 Å². The number of carbonyl (C=O) groups is 4. The van der Waals surface area contributed by atoms with Crippen LogP contribution in [0.15, 0.2) is 42.5 Å². The SMILES string of the molecule is CC(CCc1nn[nH]n1)NC(=O)c1cccc2ccccc12.CCC.O=CNCC(=O)NC1CC(=O)OC1O. The lowest BCUT2D eigenvalue weighted by atomic mass is 10.0. The number of carbonyl (C=O) groups excluding carboxylic acids is 4. The van der Waals surface area contributed by atoms with Gasteiger partial charge >= 0.3 is 5.97 Å². The number of tetrazole rings is 1. The van der Waals surface area contributed by atoms with Gasteiger partial charge in [-0.05, 0) is 30.2 Å². The van der Waals surface area contributed by atoms with E-state index in [2.05, 4.69) is 55.2 Å². The molecule has 4 rings (SSSR count). The maximum atomic E-state index is 12.5. The fourth-order valence-corrected chi connectivity index (χ4v) is 3.49. The molecule has 0 aliphatic carbocycles. The van der Waals surface area contributed by atoms with E-state index in [0.717, 1.165) is 17.2 Å². The number of aliphatic hydroxyl groups is 1. The molecule has 1 fully saturated rings. The van der Waals surface area contributed by atoms with E-state index in [4.69, 9.17) is 5.11 Å². The van der Waals surface area contributed by atoms with Gasteiger partial charge in [0.2, 0.25) is 18.6 Å². The number of rotatable bonds is 9. The minimum atomic E-state index is -1.30. The molecular formula is C26H35N7O6. The van der Waals surface area contributed by atoms with Gasteiger partial charge in [-0.2, -0.15) is 5.21 Å². The molecule has 0 bridgehead atoms. The van der Waals surface area contributed by atoms with Gasteiger partial charge in [0, 0.05) is 18.0 Å². The van der Waals surface area contributed by atoms with Crippen molar-refractivity contribution in [1.82, 2.24) is 36.6 Å². The van der Waals surface area contributed by atoms with Crippen molar-refractivity contribution in [3.05, 3.63) is 53.9 Å². The molecule has 13 nitrogen and oxygen atoms in total. The van der Waals surface area contributed by atoms with Gasteiger partial charge in [0.25, 0.3) is 5.91 Å². The highest BCUT2D eigenvalue weighted by Gasteiger charge is 2.34. The number of hydrogen-bond acceptors (Lipinski definition) is 9. The zero-order valence-electron chi connectivity index (χ0n) is 22.2. The average Bonchev–Trinajstić information content (AvgIpc) is 3.55. The van der Waals surface area contributed by atoms with Crippen LogP contribution in [-0.4, -0.2) is 74.8 Å². The number of cyclic esters (lactones) is 1. The largest absolute Gasteiger partial charge is 0.434 e. The molecule has 3 atom stereocenters. The van der Waals surface area contributed by atoms with E-state index in [9.17, 15) is 19.2 Å². The second kappa shape index (κ2) is 16.5. The highest BCUT2D eigenvalue weighted by Crippen LogP contribution is 2.18. The molecule has 3 aromatic rings. The molecule has 1 aromatic heterocycles. The Bertz CT molecular complexity index is 1200. The van der Waals surface area contributed by atoms with Crippen molar-refractivity contribution in [2.45, 2.75) is 64.8 Å². The maximum Gasteiger partial charge on any atom is 0.310 e. The van der Waals surface area contributed by atoms with Crippen LogP contribution in [0.1, 0.15) is 56.2 Å². The van der Waals surface area contributed by atoms with Crippen LogP contribution in [0.4, 0.5) is 0 Å². The number of nitrogens with one attached hydrogen (secondary N) is 4. The predicted octanol–water partition coefficient (Wildman–Crippen LogP) is 1.00. The molecule has 13 heteroatoms. The highest BCUT2D eigenvalue weighted by atomic mass is 16.6. The van der Waals surface area contributed by atoms with Crippen molar-refractivity contribution in [2.75, 3.05) is 6.54 Å². The molecule has 5 N–H and O–H groups in total. The Morgan fingerprint density at radius 3 is 2.56 bits per heavy atom. The van der Waals surface area contributed by atoms with Crippen molar-refractivity contribution in [2.24, 2.45) is 0 Å². The number of esters is 1. The van der Waals surface area contributed by atoms with Crippen molar-refractivity contribution in [1.29, 1.82) is 0 Å². The van der Waals surface area contributed by atoms with Crippen LogP contribution >= 0.6 is 0 Å². The zero-order valence-corrected chi connectivity index (χ0v) is 22.2. The Hall–Kier alpha value is -4.39. The number of hydrogen-bond donors (Lipinski definition) is 5. The lowest BCUT2D eigenvalue weighted by Crippen LogP contribution is -2.44. The normalized spacial score (nSPS) is 16.5. The summed E-state index contributed by atoms with van der Waals surface area (Å²) in [5.41, 5.74) is 0.699. The van der Waals surface area contributed by atoms with E-state index in [0.29, 0.717) is 24.2 Å². The van der Waals surface area contributed by atoms with Gasteiger partial charge in [0.1, 0.15) is 6.04 Å². The molecule has 2 heterocycles.